The molecule has 3 heteroatoms. The van der Waals surface area contributed by atoms with Crippen LogP contribution in [0.15, 0.2) is 18.3 Å². The fourth-order valence-electron chi connectivity index (χ4n) is 2.46. The lowest BCUT2D eigenvalue weighted by molar-refractivity contribution is 0.552. The first-order valence-corrected chi connectivity index (χ1v) is 7.98. The van der Waals surface area contributed by atoms with Gasteiger partial charge in [-0.3, -0.25) is 4.98 Å². The van der Waals surface area contributed by atoms with Crippen LogP contribution in [-0.2, 0) is 6.54 Å². The molecule has 0 atom stereocenters. The van der Waals surface area contributed by atoms with E-state index in [0.29, 0.717) is 11.8 Å². The number of hydrogen-bond donors (Lipinski definition) is 1. The number of rotatable bonds is 8. The molecule has 0 aliphatic heterocycles. The molecule has 0 bridgehead atoms. The van der Waals surface area contributed by atoms with Gasteiger partial charge in [-0.1, -0.05) is 27.7 Å². The molecular formula is C17H29N3. The molecule has 1 heterocycles. The third-order valence-electron chi connectivity index (χ3n) is 3.49. The van der Waals surface area contributed by atoms with Crippen molar-refractivity contribution in [1.29, 1.82) is 0 Å². The summed E-state index contributed by atoms with van der Waals surface area (Å²) in [5.74, 6) is 1.35. The summed E-state index contributed by atoms with van der Waals surface area (Å²) in [6.45, 7) is 12.2. The Hall–Kier alpha value is -1.09. The number of anilines is 1. The Bertz CT molecular complexity index is 400. The number of pyridine rings is 1. The molecule has 3 nitrogen and oxygen atoms in total. The van der Waals surface area contributed by atoms with Crippen LogP contribution >= 0.6 is 0 Å². The molecule has 0 amide bonds. The van der Waals surface area contributed by atoms with Crippen molar-refractivity contribution in [2.24, 2.45) is 11.8 Å². The van der Waals surface area contributed by atoms with Crippen LogP contribution in [0.1, 0.15) is 46.2 Å². The van der Waals surface area contributed by atoms with E-state index in [2.05, 4.69) is 55.0 Å². The van der Waals surface area contributed by atoms with Crippen molar-refractivity contribution in [1.82, 2.24) is 10.3 Å². The highest BCUT2D eigenvalue weighted by Gasteiger charge is 2.20. The molecule has 0 unspecified atom stereocenters. The van der Waals surface area contributed by atoms with Crippen molar-refractivity contribution in [3.05, 3.63) is 24.0 Å². The molecule has 2 rings (SSSR count). The molecule has 1 saturated carbocycles. The molecule has 1 aromatic rings. The number of nitrogens with zero attached hydrogens (tertiary/aromatic N) is 2. The van der Waals surface area contributed by atoms with Crippen LogP contribution in [0.2, 0.25) is 0 Å². The smallest absolute Gasteiger partial charge is 0.0562 e. The lowest BCUT2D eigenvalue weighted by atomic mass is 10.1. The summed E-state index contributed by atoms with van der Waals surface area (Å²) in [5, 5.41) is 3.54. The fourth-order valence-corrected chi connectivity index (χ4v) is 2.46. The van der Waals surface area contributed by atoms with Crippen LogP contribution in [0, 0.1) is 11.8 Å². The topological polar surface area (TPSA) is 28.2 Å². The van der Waals surface area contributed by atoms with E-state index in [4.69, 9.17) is 0 Å². The minimum atomic E-state index is 0.676. The zero-order chi connectivity index (χ0) is 14.5. The molecule has 0 radical (unpaired) electrons. The second-order valence-electron chi connectivity index (χ2n) is 6.85. The Morgan fingerprint density at radius 2 is 1.85 bits per heavy atom. The summed E-state index contributed by atoms with van der Waals surface area (Å²) < 4.78 is 0. The van der Waals surface area contributed by atoms with Gasteiger partial charge >= 0.3 is 0 Å². The van der Waals surface area contributed by atoms with E-state index in [1.54, 1.807) is 0 Å². The molecule has 0 spiro atoms. The number of hydrogen-bond acceptors (Lipinski definition) is 3. The maximum absolute atomic E-state index is 4.49. The van der Waals surface area contributed by atoms with Gasteiger partial charge in [0.15, 0.2) is 0 Å². The monoisotopic (exact) mass is 275 g/mol. The van der Waals surface area contributed by atoms with E-state index in [9.17, 15) is 0 Å². The van der Waals surface area contributed by atoms with Crippen LogP contribution in [0.3, 0.4) is 0 Å². The van der Waals surface area contributed by atoms with Crippen LogP contribution in [0.5, 0.6) is 0 Å². The van der Waals surface area contributed by atoms with E-state index in [0.717, 1.165) is 31.4 Å². The largest absolute Gasteiger partial charge is 0.371 e. The van der Waals surface area contributed by atoms with E-state index < -0.39 is 0 Å². The maximum Gasteiger partial charge on any atom is 0.0562 e. The highest BCUT2D eigenvalue weighted by atomic mass is 15.1. The molecule has 1 N–H and O–H groups in total. The predicted octanol–water partition coefficient (Wildman–Crippen LogP) is 3.45. The number of aromatic nitrogens is 1. The summed E-state index contributed by atoms with van der Waals surface area (Å²) in [7, 11) is 0. The standard InChI is InChI=1S/C17H29N3/c1-13(2)11-20(12-14(3)4)17-7-8-18-16(9-17)10-19-15-5-6-15/h7-9,13-15,19H,5-6,10-12H2,1-4H3. The van der Waals surface area contributed by atoms with Crippen molar-refractivity contribution in [2.75, 3.05) is 18.0 Å². The number of nitrogens with one attached hydrogen (secondary N) is 1. The van der Waals surface area contributed by atoms with Crippen molar-refractivity contribution < 1.29 is 0 Å². The molecular weight excluding hydrogens is 246 g/mol. The van der Waals surface area contributed by atoms with Gasteiger partial charge in [-0.2, -0.15) is 0 Å². The highest BCUT2D eigenvalue weighted by Crippen LogP contribution is 2.21. The lowest BCUT2D eigenvalue weighted by Gasteiger charge is -2.28. The van der Waals surface area contributed by atoms with Crippen LogP contribution in [0.25, 0.3) is 0 Å². The van der Waals surface area contributed by atoms with Gasteiger partial charge in [-0.15, -0.1) is 0 Å². The first-order valence-electron chi connectivity index (χ1n) is 7.98. The van der Waals surface area contributed by atoms with Crippen molar-refractivity contribution in [2.45, 2.75) is 53.1 Å². The highest BCUT2D eigenvalue weighted by molar-refractivity contribution is 5.46. The minimum absolute atomic E-state index is 0.676. The average Bonchev–Trinajstić information content (AvgIpc) is 3.19. The quantitative estimate of drug-likeness (QED) is 0.787. The molecule has 112 valence electrons. The summed E-state index contributed by atoms with van der Waals surface area (Å²) in [6.07, 6.45) is 4.60. The van der Waals surface area contributed by atoms with Gasteiger partial charge < -0.3 is 10.2 Å². The van der Waals surface area contributed by atoms with Gasteiger partial charge in [0, 0.05) is 37.6 Å². The van der Waals surface area contributed by atoms with Gasteiger partial charge in [0.25, 0.3) is 0 Å². The summed E-state index contributed by atoms with van der Waals surface area (Å²) >= 11 is 0. The Morgan fingerprint density at radius 3 is 2.40 bits per heavy atom. The molecule has 20 heavy (non-hydrogen) atoms. The van der Waals surface area contributed by atoms with Crippen LogP contribution in [-0.4, -0.2) is 24.1 Å². The minimum Gasteiger partial charge on any atom is -0.371 e. The molecule has 1 aliphatic carbocycles. The van der Waals surface area contributed by atoms with Crippen molar-refractivity contribution >= 4 is 5.69 Å². The Balaban J connectivity index is 2.03. The average molecular weight is 275 g/mol. The normalized spacial score (nSPS) is 15.1. The second kappa shape index (κ2) is 7.07. The molecule has 1 aromatic heterocycles. The summed E-state index contributed by atoms with van der Waals surface area (Å²) in [5.41, 5.74) is 2.47. The SMILES string of the molecule is CC(C)CN(CC(C)C)c1ccnc(CNC2CC2)c1. The third kappa shape index (κ3) is 5.12. The predicted molar refractivity (Wildman–Crippen MR) is 86.0 cm³/mol. The van der Waals surface area contributed by atoms with E-state index in [-0.39, 0.29) is 0 Å². The van der Waals surface area contributed by atoms with Gasteiger partial charge in [-0.05, 0) is 36.8 Å². The summed E-state index contributed by atoms with van der Waals surface area (Å²) in [6, 6.07) is 5.13. The van der Waals surface area contributed by atoms with Crippen molar-refractivity contribution in [3.8, 4) is 0 Å². The lowest BCUT2D eigenvalue weighted by Crippen LogP contribution is -2.31. The van der Waals surface area contributed by atoms with E-state index in [1.165, 1.54) is 18.5 Å². The van der Waals surface area contributed by atoms with Gasteiger partial charge in [0.1, 0.15) is 0 Å². The zero-order valence-corrected chi connectivity index (χ0v) is 13.4. The first-order chi connectivity index (χ1) is 9.54. The Labute approximate surface area is 123 Å². The van der Waals surface area contributed by atoms with Crippen LogP contribution in [0.4, 0.5) is 5.69 Å². The van der Waals surface area contributed by atoms with Gasteiger partial charge in [0.2, 0.25) is 0 Å². The van der Waals surface area contributed by atoms with E-state index >= 15 is 0 Å². The van der Waals surface area contributed by atoms with E-state index in [1.807, 2.05) is 6.20 Å². The maximum atomic E-state index is 4.49. The Morgan fingerprint density at radius 1 is 1.20 bits per heavy atom. The first kappa shape index (κ1) is 15.3. The zero-order valence-electron chi connectivity index (χ0n) is 13.4. The fraction of sp³-hybridized carbons (Fsp3) is 0.706. The summed E-state index contributed by atoms with van der Waals surface area (Å²) in [4.78, 5) is 6.99. The van der Waals surface area contributed by atoms with Crippen molar-refractivity contribution in [3.63, 3.8) is 0 Å². The Kier molecular flexibility index (Phi) is 5.41. The third-order valence-corrected chi connectivity index (χ3v) is 3.49. The van der Waals surface area contributed by atoms with Gasteiger partial charge in [0.05, 0.1) is 5.69 Å². The van der Waals surface area contributed by atoms with Gasteiger partial charge in [-0.25, -0.2) is 0 Å². The second-order valence-corrected chi connectivity index (χ2v) is 6.85. The molecule has 0 aromatic carbocycles. The molecule has 0 saturated heterocycles. The molecule has 1 aliphatic rings. The molecule has 1 fully saturated rings. The van der Waals surface area contributed by atoms with Crippen LogP contribution < -0.4 is 10.2 Å².